The molecule has 0 N–H and O–H groups in total. The summed E-state index contributed by atoms with van der Waals surface area (Å²) in [6.07, 6.45) is 1.88. The zero-order valence-corrected chi connectivity index (χ0v) is 8.46. The zero-order valence-electron chi connectivity index (χ0n) is 8.46. The topological polar surface area (TPSA) is 36.7 Å². The second kappa shape index (κ2) is 5.04. The number of pyridine rings is 1. The number of rotatable bonds is 1. The van der Waals surface area contributed by atoms with E-state index in [-0.39, 0.29) is 0 Å². The first-order chi connectivity index (χ1) is 6.77. The Labute approximate surface area is 84.6 Å². The first-order valence-corrected chi connectivity index (χ1v) is 4.64. The molecule has 0 spiro atoms. The first kappa shape index (κ1) is 10.3. The third kappa shape index (κ3) is 2.61. The van der Waals surface area contributed by atoms with Gasteiger partial charge >= 0.3 is 0 Å². The Balaban J connectivity index is 3.02. The summed E-state index contributed by atoms with van der Waals surface area (Å²) in [7, 11) is 0. The predicted octanol–water partition coefficient (Wildman–Crippen LogP) is 2.41. The molecule has 0 fully saturated rings. The van der Waals surface area contributed by atoms with Crippen LogP contribution in [0.15, 0.2) is 12.1 Å². The second-order valence-electron chi connectivity index (χ2n) is 3.01. The average molecular weight is 184 g/mol. The molecule has 0 amide bonds. The van der Waals surface area contributed by atoms with Gasteiger partial charge in [0.05, 0.1) is 5.56 Å². The Morgan fingerprint density at radius 2 is 2.21 bits per heavy atom. The zero-order chi connectivity index (χ0) is 10.4. The maximum absolute atomic E-state index is 8.81. The highest BCUT2D eigenvalue weighted by molar-refractivity contribution is 5.43. The van der Waals surface area contributed by atoms with E-state index in [0.717, 1.165) is 18.5 Å². The van der Waals surface area contributed by atoms with Crippen LogP contribution in [0.1, 0.15) is 36.7 Å². The second-order valence-corrected chi connectivity index (χ2v) is 3.01. The van der Waals surface area contributed by atoms with Gasteiger partial charge in [-0.2, -0.15) is 5.26 Å². The number of unbranched alkanes of at least 4 members (excludes halogenated alkanes) is 1. The van der Waals surface area contributed by atoms with E-state index < -0.39 is 0 Å². The summed E-state index contributed by atoms with van der Waals surface area (Å²) < 4.78 is 0. The van der Waals surface area contributed by atoms with Crippen LogP contribution in [0.2, 0.25) is 0 Å². The van der Waals surface area contributed by atoms with Crippen molar-refractivity contribution in [2.75, 3.05) is 0 Å². The lowest BCUT2D eigenvalue weighted by Gasteiger charge is -1.95. The summed E-state index contributed by atoms with van der Waals surface area (Å²) >= 11 is 0. The standard InChI is InChI=1S/C12H12N2/c1-3-4-5-6-12-11(9-13)8-7-10(2)14-12/h7-8H,3-4H2,1-2H3. The van der Waals surface area contributed by atoms with E-state index in [0.29, 0.717) is 11.3 Å². The van der Waals surface area contributed by atoms with Crippen molar-refractivity contribution in [2.45, 2.75) is 26.7 Å². The molecular weight excluding hydrogens is 172 g/mol. The van der Waals surface area contributed by atoms with Crippen LogP contribution in [0.5, 0.6) is 0 Å². The fraction of sp³-hybridized carbons (Fsp3) is 0.333. The highest BCUT2D eigenvalue weighted by Crippen LogP contribution is 2.04. The van der Waals surface area contributed by atoms with Crippen LogP contribution in [-0.2, 0) is 0 Å². The maximum atomic E-state index is 8.81. The van der Waals surface area contributed by atoms with Crippen molar-refractivity contribution < 1.29 is 0 Å². The number of aromatic nitrogens is 1. The minimum absolute atomic E-state index is 0.555. The molecule has 0 aliphatic heterocycles. The van der Waals surface area contributed by atoms with Crippen molar-refractivity contribution in [3.63, 3.8) is 0 Å². The number of aryl methyl sites for hydroxylation is 1. The number of nitrogens with zero attached hydrogens (tertiary/aromatic N) is 2. The summed E-state index contributed by atoms with van der Waals surface area (Å²) in [5, 5.41) is 8.81. The first-order valence-electron chi connectivity index (χ1n) is 4.64. The van der Waals surface area contributed by atoms with E-state index in [4.69, 9.17) is 5.26 Å². The molecule has 0 bridgehead atoms. The molecule has 70 valence electrons. The average Bonchev–Trinajstić information content (AvgIpc) is 2.19. The molecule has 0 atom stereocenters. The van der Waals surface area contributed by atoms with E-state index in [2.05, 4.69) is 29.8 Å². The van der Waals surface area contributed by atoms with Gasteiger partial charge in [0.2, 0.25) is 0 Å². The summed E-state index contributed by atoms with van der Waals surface area (Å²) in [6.45, 7) is 3.97. The molecule has 0 saturated carbocycles. The number of hydrogen-bond acceptors (Lipinski definition) is 2. The van der Waals surface area contributed by atoms with Crippen LogP contribution in [0.4, 0.5) is 0 Å². The molecule has 0 saturated heterocycles. The molecule has 2 heteroatoms. The van der Waals surface area contributed by atoms with Gasteiger partial charge in [0.15, 0.2) is 0 Å². The van der Waals surface area contributed by atoms with Crippen LogP contribution in [0.25, 0.3) is 0 Å². The minimum atomic E-state index is 0.555. The van der Waals surface area contributed by atoms with Gasteiger partial charge in [-0.3, -0.25) is 0 Å². The van der Waals surface area contributed by atoms with Gasteiger partial charge in [-0.1, -0.05) is 12.8 Å². The van der Waals surface area contributed by atoms with Gasteiger partial charge in [-0.25, -0.2) is 4.98 Å². The number of nitriles is 1. The lowest BCUT2D eigenvalue weighted by atomic mass is 10.2. The highest BCUT2D eigenvalue weighted by atomic mass is 14.7. The van der Waals surface area contributed by atoms with Gasteiger partial charge in [0, 0.05) is 12.1 Å². The molecular formula is C12H12N2. The van der Waals surface area contributed by atoms with E-state index in [9.17, 15) is 0 Å². The monoisotopic (exact) mass is 184 g/mol. The van der Waals surface area contributed by atoms with Crippen LogP contribution >= 0.6 is 0 Å². The summed E-state index contributed by atoms with van der Waals surface area (Å²) in [5.74, 6) is 5.91. The van der Waals surface area contributed by atoms with Crippen molar-refractivity contribution in [1.29, 1.82) is 5.26 Å². The lowest BCUT2D eigenvalue weighted by molar-refractivity contribution is 0.982. The van der Waals surface area contributed by atoms with Crippen molar-refractivity contribution in [3.8, 4) is 17.9 Å². The van der Waals surface area contributed by atoms with E-state index in [1.807, 2.05) is 13.0 Å². The summed E-state index contributed by atoms with van der Waals surface area (Å²) in [4.78, 5) is 4.22. The van der Waals surface area contributed by atoms with Crippen molar-refractivity contribution in [2.24, 2.45) is 0 Å². The quantitative estimate of drug-likeness (QED) is 0.628. The van der Waals surface area contributed by atoms with Crippen LogP contribution < -0.4 is 0 Å². The summed E-state index contributed by atoms with van der Waals surface area (Å²) in [6, 6.07) is 5.67. The maximum Gasteiger partial charge on any atom is 0.131 e. The van der Waals surface area contributed by atoms with E-state index in [1.165, 1.54) is 0 Å². The van der Waals surface area contributed by atoms with Gasteiger partial charge in [-0.15, -0.1) is 0 Å². The van der Waals surface area contributed by atoms with Crippen LogP contribution in [-0.4, -0.2) is 4.98 Å². The molecule has 0 radical (unpaired) electrons. The van der Waals surface area contributed by atoms with Crippen LogP contribution in [0, 0.1) is 30.1 Å². The molecule has 2 nitrogen and oxygen atoms in total. The molecule has 1 rings (SSSR count). The third-order valence-corrected chi connectivity index (χ3v) is 1.74. The Bertz CT molecular complexity index is 416. The lowest BCUT2D eigenvalue weighted by Crippen LogP contribution is -1.91. The SMILES string of the molecule is CCCC#Cc1nc(C)ccc1C#N. The fourth-order valence-electron chi connectivity index (χ4n) is 1.01. The normalized spacial score (nSPS) is 8.64. The van der Waals surface area contributed by atoms with Gasteiger partial charge in [-0.05, 0) is 31.4 Å². The molecule has 0 aliphatic carbocycles. The molecule has 14 heavy (non-hydrogen) atoms. The van der Waals surface area contributed by atoms with Gasteiger partial charge in [0.25, 0.3) is 0 Å². The Morgan fingerprint density at radius 1 is 1.43 bits per heavy atom. The predicted molar refractivity (Wildman–Crippen MR) is 55.5 cm³/mol. The molecule has 0 aromatic carbocycles. The van der Waals surface area contributed by atoms with E-state index in [1.54, 1.807) is 6.07 Å². The minimum Gasteiger partial charge on any atom is -0.243 e. The van der Waals surface area contributed by atoms with Crippen molar-refractivity contribution >= 4 is 0 Å². The molecule has 1 aromatic heterocycles. The van der Waals surface area contributed by atoms with Crippen molar-refractivity contribution in [1.82, 2.24) is 4.98 Å². The van der Waals surface area contributed by atoms with Crippen molar-refractivity contribution in [3.05, 3.63) is 29.1 Å². The van der Waals surface area contributed by atoms with E-state index >= 15 is 0 Å². The molecule has 1 heterocycles. The Kier molecular flexibility index (Phi) is 3.70. The molecule has 0 aliphatic rings. The van der Waals surface area contributed by atoms with Gasteiger partial charge < -0.3 is 0 Å². The van der Waals surface area contributed by atoms with Gasteiger partial charge in [0.1, 0.15) is 11.8 Å². The molecule has 1 aromatic rings. The Hall–Kier alpha value is -1.80. The summed E-state index contributed by atoms with van der Waals surface area (Å²) in [5.41, 5.74) is 2.05. The highest BCUT2D eigenvalue weighted by Gasteiger charge is 1.99. The fourth-order valence-corrected chi connectivity index (χ4v) is 1.01. The van der Waals surface area contributed by atoms with Crippen LogP contribution in [0.3, 0.4) is 0 Å². The Morgan fingerprint density at radius 3 is 2.86 bits per heavy atom. The third-order valence-electron chi connectivity index (χ3n) is 1.74. The molecule has 0 unspecified atom stereocenters. The smallest absolute Gasteiger partial charge is 0.131 e. The number of hydrogen-bond donors (Lipinski definition) is 0. The largest absolute Gasteiger partial charge is 0.243 e.